The zero-order chi connectivity index (χ0) is 10.3. The third-order valence-corrected chi connectivity index (χ3v) is 3.82. The smallest absolute Gasteiger partial charge is 0.0191 e. The first kappa shape index (κ1) is 9.76. The van der Waals surface area contributed by atoms with Gasteiger partial charge in [0.25, 0.3) is 0 Å². The van der Waals surface area contributed by atoms with Crippen molar-refractivity contribution in [2.45, 2.75) is 40.5 Å². The van der Waals surface area contributed by atoms with Crippen LogP contribution in [0.2, 0.25) is 0 Å². The average Bonchev–Trinajstić information content (AvgIpc) is 2.60. The van der Waals surface area contributed by atoms with Crippen molar-refractivity contribution < 1.29 is 0 Å². The molecule has 0 spiro atoms. The van der Waals surface area contributed by atoms with Crippen LogP contribution in [0.25, 0.3) is 0 Å². The molecule has 0 fully saturated rings. The summed E-state index contributed by atoms with van der Waals surface area (Å²) in [7, 11) is 0. The van der Waals surface area contributed by atoms with Crippen molar-refractivity contribution >= 4 is 0 Å². The molecule has 0 saturated heterocycles. The van der Waals surface area contributed by atoms with Gasteiger partial charge in [-0.3, -0.25) is 0 Å². The zero-order valence-corrected chi connectivity index (χ0v) is 9.72. The van der Waals surface area contributed by atoms with Gasteiger partial charge in [-0.15, -0.1) is 0 Å². The van der Waals surface area contributed by atoms with Gasteiger partial charge in [-0.2, -0.15) is 0 Å². The van der Waals surface area contributed by atoms with Crippen LogP contribution in [-0.4, -0.2) is 0 Å². The highest BCUT2D eigenvalue weighted by Gasteiger charge is 2.21. The van der Waals surface area contributed by atoms with E-state index < -0.39 is 0 Å². The summed E-state index contributed by atoms with van der Waals surface area (Å²) in [6.07, 6.45) is 7.33. The highest BCUT2D eigenvalue weighted by atomic mass is 14.3. The Morgan fingerprint density at radius 3 is 1.43 bits per heavy atom. The Morgan fingerprint density at radius 1 is 0.857 bits per heavy atom. The molecule has 0 heteroatoms. The van der Waals surface area contributed by atoms with Crippen molar-refractivity contribution in [3.8, 4) is 0 Å². The number of hydrogen-bond donors (Lipinski definition) is 0. The van der Waals surface area contributed by atoms with E-state index in [1.807, 2.05) is 0 Å². The molecule has 0 N–H and O–H groups in total. The molecule has 0 amide bonds. The van der Waals surface area contributed by atoms with Crippen molar-refractivity contribution in [1.29, 1.82) is 0 Å². The van der Waals surface area contributed by atoms with Crippen molar-refractivity contribution in [3.05, 3.63) is 34.4 Å². The van der Waals surface area contributed by atoms with Gasteiger partial charge < -0.3 is 0 Å². The Kier molecular flexibility index (Phi) is 2.38. The standard InChI is InChI=1S/C14H20/c1-9-5-13(6-10(9)2)14-7-11(3)12(4)8-14/h5,7,10,12H,6,8H2,1-4H3/b14-13-/t10-,12+. The maximum atomic E-state index is 2.40. The predicted octanol–water partition coefficient (Wildman–Crippen LogP) is 4.26. The summed E-state index contributed by atoms with van der Waals surface area (Å²) in [6, 6.07) is 0. The lowest BCUT2D eigenvalue weighted by Gasteiger charge is -2.04. The van der Waals surface area contributed by atoms with Crippen LogP contribution in [0.3, 0.4) is 0 Å². The van der Waals surface area contributed by atoms with E-state index in [0.29, 0.717) is 0 Å². The normalized spacial score (nSPS) is 37.4. The molecule has 0 radical (unpaired) electrons. The van der Waals surface area contributed by atoms with E-state index in [9.17, 15) is 0 Å². The minimum atomic E-state index is 0.766. The Hall–Kier alpha value is -0.780. The molecule has 0 aromatic heterocycles. The molecule has 0 nitrogen and oxygen atoms in total. The lowest BCUT2D eigenvalue weighted by Crippen LogP contribution is -1.91. The van der Waals surface area contributed by atoms with Crippen molar-refractivity contribution in [1.82, 2.24) is 0 Å². The first-order valence-corrected chi connectivity index (χ1v) is 5.66. The second kappa shape index (κ2) is 3.42. The fourth-order valence-corrected chi connectivity index (χ4v) is 2.38. The first-order valence-electron chi connectivity index (χ1n) is 5.66. The highest BCUT2D eigenvalue weighted by molar-refractivity contribution is 5.44. The summed E-state index contributed by atoms with van der Waals surface area (Å²) < 4.78 is 0. The first-order chi connectivity index (χ1) is 6.58. The molecule has 76 valence electrons. The SMILES string of the molecule is CC1=C/C(=C2\C=C(C)[C@@H](C)C2)C[C@H]1C. The number of hydrogen-bond acceptors (Lipinski definition) is 0. The van der Waals surface area contributed by atoms with Crippen molar-refractivity contribution in [2.24, 2.45) is 11.8 Å². The van der Waals surface area contributed by atoms with Crippen LogP contribution < -0.4 is 0 Å². The molecule has 0 aromatic rings. The predicted molar refractivity (Wildman–Crippen MR) is 62.1 cm³/mol. The Labute approximate surface area is 87.4 Å². The largest absolute Gasteiger partial charge is 0.0699 e. The fraction of sp³-hybridized carbons (Fsp3) is 0.571. The van der Waals surface area contributed by atoms with Crippen molar-refractivity contribution in [3.63, 3.8) is 0 Å². The summed E-state index contributed by atoms with van der Waals surface area (Å²) in [6.45, 7) is 9.17. The van der Waals surface area contributed by atoms with E-state index in [1.165, 1.54) is 12.8 Å². The molecule has 2 aliphatic rings. The van der Waals surface area contributed by atoms with Gasteiger partial charge in [0, 0.05) is 0 Å². The summed E-state index contributed by atoms with van der Waals surface area (Å²) in [5.41, 5.74) is 6.30. The minimum absolute atomic E-state index is 0.766. The van der Waals surface area contributed by atoms with E-state index in [0.717, 1.165) is 11.8 Å². The Bertz CT molecular complexity index is 305. The summed E-state index contributed by atoms with van der Waals surface area (Å²) in [5, 5.41) is 0. The molecule has 14 heavy (non-hydrogen) atoms. The van der Waals surface area contributed by atoms with Gasteiger partial charge in [-0.25, -0.2) is 0 Å². The lowest BCUT2D eigenvalue weighted by molar-refractivity contribution is 0.693. The molecule has 0 saturated carbocycles. The highest BCUT2D eigenvalue weighted by Crippen LogP contribution is 2.37. The second-order valence-corrected chi connectivity index (χ2v) is 5.04. The third-order valence-electron chi connectivity index (χ3n) is 3.82. The molecular weight excluding hydrogens is 168 g/mol. The molecule has 0 unspecified atom stereocenters. The monoisotopic (exact) mass is 188 g/mol. The van der Waals surface area contributed by atoms with Gasteiger partial charge >= 0.3 is 0 Å². The Morgan fingerprint density at radius 2 is 1.21 bits per heavy atom. The molecule has 2 aliphatic carbocycles. The van der Waals surface area contributed by atoms with Crippen LogP contribution in [0.1, 0.15) is 40.5 Å². The zero-order valence-electron chi connectivity index (χ0n) is 9.72. The van der Waals surface area contributed by atoms with Gasteiger partial charge in [0.2, 0.25) is 0 Å². The summed E-state index contributed by atoms with van der Waals surface area (Å²) in [4.78, 5) is 0. The van der Waals surface area contributed by atoms with Gasteiger partial charge in [0.05, 0.1) is 0 Å². The van der Waals surface area contributed by atoms with Crippen LogP contribution in [0.4, 0.5) is 0 Å². The van der Waals surface area contributed by atoms with E-state index in [4.69, 9.17) is 0 Å². The summed E-state index contributed by atoms with van der Waals surface area (Å²) in [5.74, 6) is 1.53. The van der Waals surface area contributed by atoms with Gasteiger partial charge in [-0.05, 0) is 49.7 Å². The minimum Gasteiger partial charge on any atom is -0.0699 e. The van der Waals surface area contributed by atoms with Gasteiger partial charge in [0.15, 0.2) is 0 Å². The molecule has 2 rings (SSSR count). The van der Waals surface area contributed by atoms with Crippen LogP contribution in [-0.2, 0) is 0 Å². The molecule has 0 bridgehead atoms. The topological polar surface area (TPSA) is 0 Å². The van der Waals surface area contributed by atoms with E-state index in [1.54, 1.807) is 22.3 Å². The molecule has 0 aromatic carbocycles. The van der Waals surface area contributed by atoms with E-state index in [-0.39, 0.29) is 0 Å². The molecule has 2 atom stereocenters. The van der Waals surface area contributed by atoms with Crippen LogP contribution in [0, 0.1) is 11.8 Å². The van der Waals surface area contributed by atoms with Crippen LogP contribution >= 0.6 is 0 Å². The van der Waals surface area contributed by atoms with E-state index in [2.05, 4.69) is 39.8 Å². The second-order valence-electron chi connectivity index (χ2n) is 5.04. The molecule has 0 heterocycles. The van der Waals surface area contributed by atoms with Crippen LogP contribution in [0.15, 0.2) is 34.4 Å². The maximum Gasteiger partial charge on any atom is -0.0191 e. The fourth-order valence-electron chi connectivity index (χ4n) is 2.38. The van der Waals surface area contributed by atoms with Crippen LogP contribution in [0.5, 0.6) is 0 Å². The van der Waals surface area contributed by atoms with Gasteiger partial charge in [-0.1, -0.05) is 37.1 Å². The third kappa shape index (κ3) is 1.58. The molecular formula is C14H20. The quantitative estimate of drug-likeness (QED) is 0.533. The van der Waals surface area contributed by atoms with Crippen molar-refractivity contribution in [2.75, 3.05) is 0 Å². The summed E-state index contributed by atoms with van der Waals surface area (Å²) >= 11 is 0. The number of rotatable bonds is 0. The van der Waals surface area contributed by atoms with E-state index >= 15 is 0 Å². The average molecular weight is 188 g/mol. The molecule has 0 aliphatic heterocycles. The van der Waals surface area contributed by atoms with Gasteiger partial charge in [0.1, 0.15) is 0 Å². The lowest BCUT2D eigenvalue weighted by atomic mass is 10.0. The Balaban J connectivity index is 2.29. The number of allylic oxidation sites excluding steroid dienone is 6. The maximum absolute atomic E-state index is 2.40.